The second-order valence-electron chi connectivity index (χ2n) is 2.40. The third-order valence-electron chi connectivity index (χ3n) is 1.43. The first-order valence-electron chi connectivity index (χ1n) is 3.35. The molecule has 2 atom stereocenters. The van der Waals surface area contributed by atoms with Gasteiger partial charge in [0.25, 0.3) is 6.54 Å². The number of hydrogen-bond acceptors (Lipinski definition) is 7. The molecule has 0 aliphatic rings. The molecule has 0 radical (unpaired) electrons. The molecule has 0 aliphatic heterocycles. The van der Waals surface area contributed by atoms with Gasteiger partial charge in [0.2, 0.25) is 0 Å². The molecule has 0 aliphatic carbocycles. The number of hydrogen-bond donors (Lipinski definition) is 0. The van der Waals surface area contributed by atoms with E-state index in [1.165, 1.54) is 0 Å². The molecule has 0 fully saturated rings. The first kappa shape index (κ1) is 13.2. The molecule has 84 valence electrons. The Morgan fingerprint density at radius 1 is 1.13 bits per heavy atom. The summed E-state index contributed by atoms with van der Waals surface area (Å²) in [6, 6.07) is -4.67. The molecule has 0 saturated heterocycles. The summed E-state index contributed by atoms with van der Waals surface area (Å²) in [6.45, 7) is -1.34. The monoisotopic (exact) mass is 241 g/mol. The number of halogens is 1. The van der Waals surface area contributed by atoms with E-state index in [1.807, 2.05) is 0 Å². The van der Waals surface area contributed by atoms with Crippen molar-refractivity contribution < 1.29 is 19.6 Å². The number of carbonyl (C=O) groups is 1. The fourth-order valence-electron chi connectivity index (χ4n) is 0.809. The van der Waals surface area contributed by atoms with Gasteiger partial charge in [-0.25, -0.2) is 0 Å². The lowest BCUT2D eigenvalue weighted by molar-refractivity contribution is -0.639. The van der Waals surface area contributed by atoms with E-state index in [0.717, 1.165) is 0 Å². The van der Waals surface area contributed by atoms with Crippen molar-refractivity contribution in [3.63, 3.8) is 0 Å². The van der Waals surface area contributed by atoms with Gasteiger partial charge in [-0.1, -0.05) is 0 Å². The van der Waals surface area contributed by atoms with Crippen molar-refractivity contribution in [1.82, 2.24) is 0 Å². The zero-order valence-corrected chi connectivity index (χ0v) is 7.70. The molecule has 2 unspecified atom stereocenters. The van der Waals surface area contributed by atoms with Crippen molar-refractivity contribution in [2.45, 2.75) is 12.1 Å². The fourth-order valence-corrected chi connectivity index (χ4v) is 1.03. The van der Waals surface area contributed by atoms with Crippen LogP contribution in [0.1, 0.15) is 0 Å². The van der Waals surface area contributed by atoms with Crippen LogP contribution < -0.4 is 0 Å². The summed E-state index contributed by atoms with van der Waals surface area (Å²) in [5.41, 5.74) is 0. The Hall–Kier alpha value is -1.84. The maximum absolute atomic E-state index is 10.5. The van der Waals surface area contributed by atoms with Gasteiger partial charge in [0.15, 0.2) is 0 Å². The third kappa shape index (κ3) is 3.81. The molecular weight excluding hydrogens is 238 g/mol. The lowest BCUT2D eigenvalue weighted by atomic mass is 10.1. The van der Waals surface area contributed by atoms with E-state index >= 15 is 0 Å². The first-order valence-corrected chi connectivity index (χ1v) is 3.73. The quantitative estimate of drug-likeness (QED) is 0.340. The minimum Gasteiger partial charge on any atom is -0.273 e. The van der Waals surface area contributed by atoms with Crippen molar-refractivity contribution in [2.75, 3.05) is 6.54 Å². The lowest BCUT2D eigenvalue weighted by Gasteiger charge is -2.07. The fraction of sp³-hybridized carbons (Fsp3) is 0.750. The Balaban J connectivity index is 5.01. The maximum atomic E-state index is 10.5. The highest BCUT2D eigenvalue weighted by Gasteiger charge is 2.49. The van der Waals surface area contributed by atoms with Crippen LogP contribution >= 0.6 is 11.6 Å². The molecule has 0 aromatic rings. The van der Waals surface area contributed by atoms with Gasteiger partial charge in [-0.15, -0.1) is 0 Å². The average Bonchev–Trinajstić information content (AvgIpc) is 2.00. The summed E-state index contributed by atoms with van der Waals surface area (Å²) in [7, 11) is 0. The van der Waals surface area contributed by atoms with Gasteiger partial charge in [-0.2, -0.15) is 0 Å². The molecule has 0 rings (SSSR count). The van der Waals surface area contributed by atoms with Gasteiger partial charge in [0.05, 0.1) is 0 Å². The van der Waals surface area contributed by atoms with Crippen LogP contribution in [0.4, 0.5) is 0 Å². The summed E-state index contributed by atoms with van der Waals surface area (Å²) in [6.07, 6.45) is 0. The summed E-state index contributed by atoms with van der Waals surface area (Å²) < 4.78 is 0. The Kier molecular flexibility index (Phi) is 4.51. The summed E-state index contributed by atoms with van der Waals surface area (Å²) in [5, 5.41) is 28.9. The molecule has 0 amide bonds. The highest BCUT2D eigenvalue weighted by molar-refractivity contribution is 6.64. The Labute approximate surface area is 86.3 Å². The number of rotatable bonds is 6. The molecule has 10 nitrogen and oxygen atoms in total. The first-order chi connectivity index (χ1) is 6.77. The summed E-state index contributed by atoms with van der Waals surface area (Å²) in [5.74, 6) is 0. The van der Waals surface area contributed by atoms with Crippen molar-refractivity contribution in [1.29, 1.82) is 0 Å². The van der Waals surface area contributed by atoms with Crippen LogP contribution in [0, 0.1) is 30.3 Å². The molecule has 11 heteroatoms. The standard InChI is InChI=1S/C4H4ClN3O7/c5-4(9)3(8(14)15)2(7(12)13)1-6(10)11/h2-3H,1H2. The number of nitrogens with zero attached hydrogens (tertiary/aromatic N) is 3. The minimum absolute atomic E-state index is 1.12. The van der Waals surface area contributed by atoms with Crippen LogP contribution in [-0.2, 0) is 4.79 Å². The molecule has 0 bridgehead atoms. The highest BCUT2D eigenvalue weighted by atomic mass is 35.5. The smallest absolute Gasteiger partial charge is 0.273 e. The van der Waals surface area contributed by atoms with E-state index in [0.29, 0.717) is 0 Å². The van der Waals surface area contributed by atoms with Gasteiger partial charge >= 0.3 is 17.3 Å². The SMILES string of the molecule is O=C(Cl)C(C(C[N+](=O)[O-])[N+](=O)[O-])[N+](=O)[O-]. The summed E-state index contributed by atoms with van der Waals surface area (Å²) in [4.78, 5) is 37.3. The predicted molar refractivity (Wildman–Crippen MR) is 44.3 cm³/mol. The Morgan fingerprint density at radius 3 is 1.80 bits per heavy atom. The second-order valence-corrected chi connectivity index (χ2v) is 2.77. The van der Waals surface area contributed by atoms with E-state index < -0.39 is 38.6 Å². The van der Waals surface area contributed by atoms with Crippen molar-refractivity contribution in [3.05, 3.63) is 30.3 Å². The van der Waals surface area contributed by atoms with E-state index in [-0.39, 0.29) is 0 Å². The van der Waals surface area contributed by atoms with Crippen LogP contribution in [-0.4, -0.2) is 38.6 Å². The molecular formula is C4H4ClN3O7. The van der Waals surface area contributed by atoms with E-state index in [1.54, 1.807) is 0 Å². The molecule has 0 N–H and O–H groups in total. The molecule has 0 aromatic carbocycles. The minimum atomic E-state index is -2.41. The summed E-state index contributed by atoms with van der Waals surface area (Å²) >= 11 is 4.75. The van der Waals surface area contributed by atoms with Gasteiger partial charge in [0.1, 0.15) is 0 Å². The third-order valence-corrected chi connectivity index (χ3v) is 1.65. The molecule has 0 spiro atoms. The zero-order chi connectivity index (χ0) is 12.2. The lowest BCUT2D eigenvalue weighted by Crippen LogP contribution is -2.47. The van der Waals surface area contributed by atoms with E-state index in [4.69, 9.17) is 11.6 Å². The van der Waals surface area contributed by atoms with Crippen LogP contribution in [0.2, 0.25) is 0 Å². The van der Waals surface area contributed by atoms with Gasteiger partial charge in [-0.3, -0.25) is 35.1 Å². The van der Waals surface area contributed by atoms with Crippen LogP contribution in [0.15, 0.2) is 0 Å². The van der Waals surface area contributed by atoms with E-state index in [2.05, 4.69) is 0 Å². The number of nitro groups is 3. The van der Waals surface area contributed by atoms with Crippen LogP contribution in [0.25, 0.3) is 0 Å². The topological polar surface area (TPSA) is 146 Å². The van der Waals surface area contributed by atoms with Crippen LogP contribution in [0.5, 0.6) is 0 Å². The Morgan fingerprint density at radius 2 is 1.60 bits per heavy atom. The molecule has 0 saturated carbocycles. The van der Waals surface area contributed by atoms with Crippen molar-refractivity contribution >= 4 is 16.8 Å². The van der Waals surface area contributed by atoms with Crippen molar-refractivity contribution in [2.24, 2.45) is 0 Å². The Bertz CT molecular complexity index is 303. The maximum Gasteiger partial charge on any atom is 0.357 e. The predicted octanol–water partition coefficient (Wildman–Crippen LogP) is -0.681. The molecule has 0 heterocycles. The zero-order valence-electron chi connectivity index (χ0n) is 6.94. The van der Waals surface area contributed by atoms with Crippen LogP contribution in [0.3, 0.4) is 0 Å². The van der Waals surface area contributed by atoms with E-state index in [9.17, 15) is 35.1 Å². The molecule has 15 heavy (non-hydrogen) atoms. The normalized spacial score (nSPS) is 13.9. The second kappa shape index (κ2) is 5.14. The number of carbonyl (C=O) groups excluding carboxylic acids is 1. The van der Waals surface area contributed by atoms with Gasteiger partial charge < -0.3 is 0 Å². The highest BCUT2D eigenvalue weighted by Crippen LogP contribution is 2.07. The largest absolute Gasteiger partial charge is 0.357 e. The van der Waals surface area contributed by atoms with Crippen molar-refractivity contribution in [3.8, 4) is 0 Å². The molecule has 0 aromatic heterocycles. The van der Waals surface area contributed by atoms with Gasteiger partial charge in [-0.05, 0) is 11.6 Å². The average molecular weight is 242 g/mol. The van der Waals surface area contributed by atoms with Gasteiger partial charge in [0, 0.05) is 14.8 Å².